The second-order valence-electron chi connectivity index (χ2n) is 2.91. The summed E-state index contributed by atoms with van der Waals surface area (Å²) in [7, 11) is 3.89. The minimum atomic E-state index is -0.0141. The Morgan fingerprint density at radius 3 is 2.85 bits per heavy atom. The largest absolute Gasteiger partial charge is 0.354 e. The molecule has 0 radical (unpaired) electrons. The zero-order valence-electron chi connectivity index (χ0n) is 8.00. The van der Waals surface area contributed by atoms with Gasteiger partial charge in [-0.2, -0.15) is 0 Å². The zero-order valence-corrected chi connectivity index (χ0v) is 8.81. The predicted octanol–water partition coefficient (Wildman–Crippen LogP) is 0.845. The smallest absolute Gasteiger partial charge is 0.217 e. The number of anilines is 1. The maximum atomic E-state index is 10.6. The number of rotatable bonds is 3. The van der Waals surface area contributed by atoms with Gasteiger partial charge in [-0.25, -0.2) is 4.98 Å². The van der Waals surface area contributed by atoms with Crippen LogP contribution in [0.3, 0.4) is 0 Å². The summed E-state index contributed by atoms with van der Waals surface area (Å²) in [6, 6.07) is 0. The normalized spacial score (nSPS) is 9.77. The Morgan fingerprint density at radius 1 is 1.69 bits per heavy atom. The van der Waals surface area contributed by atoms with E-state index < -0.39 is 0 Å². The van der Waals surface area contributed by atoms with Crippen molar-refractivity contribution in [3.8, 4) is 0 Å². The van der Waals surface area contributed by atoms with Crippen molar-refractivity contribution < 1.29 is 4.79 Å². The van der Waals surface area contributed by atoms with Crippen LogP contribution in [-0.4, -0.2) is 25.0 Å². The van der Waals surface area contributed by atoms with Crippen molar-refractivity contribution in [2.24, 2.45) is 0 Å². The Hall–Kier alpha value is -1.10. The highest BCUT2D eigenvalue weighted by molar-refractivity contribution is 7.15. The lowest BCUT2D eigenvalue weighted by molar-refractivity contribution is -0.119. The third-order valence-corrected chi connectivity index (χ3v) is 2.60. The van der Waals surface area contributed by atoms with E-state index >= 15 is 0 Å². The van der Waals surface area contributed by atoms with Crippen LogP contribution in [0.5, 0.6) is 0 Å². The molecule has 0 atom stereocenters. The van der Waals surface area contributed by atoms with E-state index in [0.29, 0.717) is 6.54 Å². The molecule has 0 saturated heterocycles. The van der Waals surface area contributed by atoms with Gasteiger partial charge < -0.3 is 10.2 Å². The van der Waals surface area contributed by atoms with Crippen molar-refractivity contribution in [3.05, 3.63) is 11.1 Å². The van der Waals surface area contributed by atoms with Gasteiger partial charge in [0.2, 0.25) is 5.91 Å². The van der Waals surface area contributed by atoms with Crippen LogP contribution in [0.1, 0.15) is 11.8 Å². The molecule has 0 aliphatic carbocycles. The summed E-state index contributed by atoms with van der Waals surface area (Å²) >= 11 is 1.58. The number of aromatic nitrogens is 1. The second-order valence-corrected chi connectivity index (χ2v) is 4.01. The van der Waals surface area contributed by atoms with E-state index in [0.717, 1.165) is 10.0 Å². The third kappa shape index (κ3) is 3.02. The highest BCUT2D eigenvalue weighted by Gasteiger charge is 2.03. The number of thiazole rings is 1. The third-order valence-electron chi connectivity index (χ3n) is 1.44. The standard InChI is InChI=1S/C8H13N3OS/c1-6(12)9-4-7-5-10-8(13-7)11(2)3/h5H,4H2,1-3H3,(H,9,12). The van der Waals surface area contributed by atoms with E-state index in [1.165, 1.54) is 6.92 Å². The first kappa shape index (κ1) is 9.98. The first-order valence-electron chi connectivity index (χ1n) is 3.96. The van der Waals surface area contributed by atoms with Crippen molar-refractivity contribution in [1.29, 1.82) is 0 Å². The molecule has 0 aromatic carbocycles. The first-order chi connectivity index (χ1) is 6.09. The number of hydrogen-bond acceptors (Lipinski definition) is 4. The molecular formula is C8H13N3OS. The molecule has 13 heavy (non-hydrogen) atoms. The SMILES string of the molecule is CC(=O)NCc1cnc(N(C)C)s1. The van der Waals surface area contributed by atoms with Gasteiger partial charge in [-0.05, 0) is 0 Å². The molecule has 1 aromatic rings. The molecule has 0 aliphatic rings. The number of carbonyl (C=O) groups excluding carboxylic acids is 1. The van der Waals surface area contributed by atoms with E-state index in [9.17, 15) is 4.79 Å². The van der Waals surface area contributed by atoms with Crippen LogP contribution < -0.4 is 10.2 Å². The van der Waals surface area contributed by atoms with Gasteiger partial charge >= 0.3 is 0 Å². The van der Waals surface area contributed by atoms with Gasteiger partial charge in [0.15, 0.2) is 5.13 Å². The van der Waals surface area contributed by atoms with Crippen LogP contribution in [0.15, 0.2) is 6.20 Å². The monoisotopic (exact) mass is 199 g/mol. The average Bonchev–Trinajstić information content (AvgIpc) is 2.48. The van der Waals surface area contributed by atoms with Gasteiger partial charge in [0, 0.05) is 32.1 Å². The molecule has 0 unspecified atom stereocenters. The van der Waals surface area contributed by atoms with Crippen LogP contribution >= 0.6 is 11.3 Å². The summed E-state index contributed by atoms with van der Waals surface area (Å²) in [5, 5.41) is 3.69. The highest BCUT2D eigenvalue weighted by atomic mass is 32.1. The Balaban J connectivity index is 2.54. The van der Waals surface area contributed by atoms with Crippen molar-refractivity contribution in [2.45, 2.75) is 13.5 Å². The zero-order chi connectivity index (χ0) is 9.84. The lowest BCUT2D eigenvalue weighted by Crippen LogP contribution is -2.18. The summed E-state index contributed by atoms with van der Waals surface area (Å²) in [6.07, 6.45) is 1.79. The van der Waals surface area contributed by atoms with Gasteiger partial charge in [-0.15, -0.1) is 11.3 Å². The maximum absolute atomic E-state index is 10.6. The maximum Gasteiger partial charge on any atom is 0.217 e. The van der Waals surface area contributed by atoms with E-state index in [-0.39, 0.29) is 5.91 Å². The van der Waals surface area contributed by atoms with Crippen molar-refractivity contribution in [3.63, 3.8) is 0 Å². The number of nitrogens with zero attached hydrogens (tertiary/aromatic N) is 2. The molecule has 0 aliphatic heterocycles. The predicted molar refractivity (Wildman–Crippen MR) is 54.0 cm³/mol. The van der Waals surface area contributed by atoms with Gasteiger partial charge in [-0.1, -0.05) is 0 Å². The summed E-state index contributed by atoms with van der Waals surface area (Å²) in [5.41, 5.74) is 0. The Bertz CT molecular complexity index is 295. The summed E-state index contributed by atoms with van der Waals surface area (Å²) in [6.45, 7) is 2.08. The minimum absolute atomic E-state index is 0.0141. The summed E-state index contributed by atoms with van der Waals surface area (Å²) in [4.78, 5) is 17.8. The Labute approximate surface area is 81.6 Å². The second kappa shape index (κ2) is 4.23. The molecule has 0 fully saturated rings. The Morgan fingerprint density at radius 2 is 2.38 bits per heavy atom. The van der Waals surface area contributed by atoms with Crippen LogP contribution in [0.2, 0.25) is 0 Å². The fourth-order valence-corrected chi connectivity index (χ4v) is 1.57. The van der Waals surface area contributed by atoms with Gasteiger partial charge in [0.05, 0.1) is 6.54 Å². The van der Waals surface area contributed by atoms with E-state index in [1.807, 2.05) is 19.0 Å². The molecular weight excluding hydrogens is 186 g/mol. The minimum Gasteiger partial charge on any atom is -0.354 e. The molecule has 4 nitrogen and oxygen atoms in total. The summed E-state index contributed by atoms with van der Waals surface area (Å²) < 4.78 is 0. The van der Waals surface area contributed by atoms with Gasteiger partial charge in [0.1, 0.15) is 0 Å². The molecule has 1 N–H and O–H groups in total. The molecule has 1 aromatic heterocycles. The molecule has 0 spiro atoms. The van der Waals surface area contributed by atoms with E-state index in [2.05, 4.69) is 10.3 Å². The van der Waals surface area contributed by atoms with Crippen LogP contribution in [-0.2, 0) is 11.3 Å². The van der Waals surface area contributed by atoms with E-state index in [1.54, 1.807) is 17.5 Å². The van der Waals surface area contributed by atoms with Crippen molar-refractivity contribution in [1.82, 2.24) is 10.3 Å². The molecule has 0 bridgehead atoms. The summed E-state index contributed by atoms with van der Waals surface area (Å²) in [5.74, 6) is -0.0141. The van der Waals surface area contributed by atoms with Gasteiger partial charge in [0.25, 0.3) is 0 Å². The molecule has 1 amide bonds. The first-order valence-corrected chi connectivity index (χ1v) is 4.77. The van der Waals surface area contributed by atoms with Crippen LogP contribution in [0.25, 0.3) is 0 Å². The molecule has 5 heteroatoms. The highest BCUT2D eigenvalue weighted by Crippen LogP contribution is 2.19. The van der Waals surface area contributed by atoms with Gasteiger partial charge in [-0.3, -0.25) is 4.79 Å². The van der Waals surface area contributed by atoms with Crippen molar-refractivity contribution in [2.75, 3.05) is 19.0 Å². The number of nitrogens with one attached hydrogen (secondary N) is 1. The number of carbonyl (C=O) groups is 1. The Kier molecular flexibility index (Phi) is 3.25. The topological polar surface area (TPSA) is 45.2 Å². The molecule has 0 saturated carbocycles. The molecule has 72 valence electrons. The fraction of sp³-hybridized carbons (Fsp3) is 0.500. The molecule has 1 rings (SSSR count). The van der Waals surface area contributed by atoms with E-state index in [4.69, 9.17) is 0 Å². The quantitative estimate of drug-likeness (QED) is 0.784. The van der Waals surface area contributed by atoms with Crippen LogP contribution in [0, 0.1) is 0 Å². The lowest BCUT2D eigenvalue weighted by atomic mass is 10.5. The number of hydrogen-bond donors (Lipinski definition) is 1. The van der Waals surface area contributed by atoms with Crippen molar-refractivity contribution >= 4 is 22.4 Å². The average molecular weight is 199 g/mol. The molecule has 1 heterocycles. The fourth-order valence-electron chi connectivity index (χ4n) is 0.797. The number of amides is 1. The van der Waals surface area contributed by atoms with Crippen LogP contribution in [0.4, 0.5) is 5.13 Å². The lowest BCUT2D eigenvalue weighted by Gasteiger charge is -2.05.